The third kappa shape index (κ3) is 4.20. The first-order valence-electron chi connectivity index (χ1n) is 7.40. The van der Waals surface area contributed by atoms with Gasteiger partial charge in [-0.1, -0.05) is 19.9 Å². The van der Waals surface area contributed by atoms with Gasteiger partial charge in [0.2, 0.25) is 5.88 Å². The van der Waals surface area contributed by atoms with Gasteiger partial charge in [0.15, 0.2) is 0 Å². The third-order valence-corrected chi connectivity index (χ3v) is 3.64. The molecule has 1 aromatic heterocycles. The van der Waals surface area contributed by atoms with E-state index in [-0.39, 0.29) is 0 Å². The minimum atomic E-state index is 0.297. The Labute approximate surface area is 117 Å². The molecule has 0 N–H and O–H groups in total. The van der Waals surface area contributed by atoms with Crippen molar-refractivity contribution in [3.63, 3.8) is 0 Å². The predicted octanol–water partition coefficient (Wildman–Crippen LogP) is 3.14. The minimum absolute atomic E-state index is 0.297. The van der Waals surface area contributed by atoms with Crippen molar-refractivity contribution in [3.8, 4) is 5.88 Å². The summed E-state index contributed by atoms with van der Waals surface area (Å²) in [4.78, 5) is 6.88. The molecule has 2 rings (SSSR count). The summed E-state index contributed by atoms with van der Waals surface area (Å²) in [5.41, 5.74) is 1.29. The van der Waals surface area contributed by atoms with E-state index in [4.69, 9.17) is 4.74 Å². The fourth-order valence-electron chi connectivity index (χ4n) is 2.56. The number of likely N-dealkylation sites (tertiary alicyclic amines) is 1. The van der Waals surface area contributed by atoms with Crippen LogP contribution in [0.3, 0.4) is 0 Å². The smallest absolute Gasteiger partial charge is 0.213 e. The van der Waals surface area contributed by atoms with Crippen molar-refractivity contribution in [3.05, 3.63) is 23.9 Å². The zero-order chi connectivity index (χ0) is 13.8. The van der Waals surface area contributed by atoms with Crippen LogP contribution in [-0.2, 0) is 6.42 Å². The molecule has 1 atom stereocenters. The number of aromatic nitrogens is 1. The number of rotatable bonds is 5. The zero-order valence-electron chi connectivity index (χ0n) is 12.6. The predicted molar refractivity (Wildman–Crippen MR) is 78.5 cm³/mol. The fourth-order valence-corrected chi connectivity index (χ4v) is 2.56. The van der Waals surface area contributed by atoms with Gasteiger partial charge in [-0.2, -0.15) is 0 Å². The van der Waals surface area contributed by atoms with Crippen LogP contribution in [0.1, 0.15) is 39.7 Å². The van der Waals surface area contributed by atoms with Crippen LogP contribution in [0.15, 0.2) is 18.3 Å². The summed E-state index contributed by atoms with van der Waals surface area (Å²) in [5, 5.41) is 0. The van der Waals surface area contributed by atoms with Gasteiger partial charge in [-0.15, -0.1) is 0 Å². The topological polar surface area (TPSA) is 25.4 Å². The molecule has 0 aliphatic carbocycles. The molecule has 1 saturated heterocycles. The van der Waals surface area contributed by atoms with E-state index in [1.165, 1.54) is 5.56 Å². The molecule has 0 radical (unpaired) electrons. The molecule has 0 amide bonds. The van der Waals surface area contributed by atoms with Crippen LogP contribution in [0.5, 0.6) is 5.88 Å². The Bertz CT molecular complexity index is 386. The van der Waals surface area contributed by atoms with Gasteiger partial charge in [-0.3, -0.25) is 4.90 Å². The summed E-state index contributed by atoms with van der Waals surface area (Å²) in [6.45, 7) is 11.1. The second-order valence-electron chi connectivity index (χ2n) is 6.22. The molecule has 1 fully saturated rings. The largest absolute Gasteiger partial charge is 0.473 e. The maximum Gasteiger partial charge on any atom is 0.213 e. The first kappa shape index (κ1) is 14.3. The Balaban J connectivity index is 1.86. The van der Waals surface area contributed by atoms with E-state index < -0.39 is 0 Å². The molecule has 1 aliphatic heterocycles. The summed E-state index contributed by atoms with van der Waals surface area (Å²) in [7, 11) is 0. The van der Waals surface area contributed by atoms with Gasteiger partial charge >= 0.3 is 0 Å². The van der Waals surface area contributed by atoms with Gasteiger partial charge < -0.3 is 4.74 Å². The van der Waals surface area contributed by atoms with Crippen molar-refractivity contribution in [1.29, 1.82) is 0 Å². The lowest BCUT2D eigenvalue weighted by atomic mass is 10.1. The lowest BCUT2D eigenvalue weighted by Gasteiger charge is -2.20. The fraction of sp³-hybridized carbons (Fsp3) is 0.688. The maximum absolute atomic E-state index is 5.96. The van der Waals surface area contributed by atoms with Crippen molar-refractivity contribution in [2.45, 2.75) is 52.7 Å². The molecule has 0 bridgehead atoms. The molecule has 0 spiro atoms. The average molecular weight is 262 g/mol. The van der Waals surface area contributed by atoms with E-state index in [2.05, 4.69) is 43.6 Å². The zero-order valence-corrected chi connectivity index (χ0v) is 12.6. The number of ether oxygens (including phenoxy) is 1. The van der Waals surface area contributed by atoms with Gasteiger partial charge in [0.05, 0.1) is 0 Å². The number of hydrogen-bond donors (Lipinski definition) is 0. The summed E-state index contributed by atoms with van der Waals surface area (Å²) >= 11 is 0. The normalized spacial score (nSPS) is 20.4. The van der Waals surface area contributed by atoms with Gasteiger partial charge in [0.25, 0.3) is 0 Å². The average Bonchev–Trinajstić information content (AvgIpc) is 2.80. The van der Waals surface area contributed by atoms with Gasteiger partial charge in [0.1, 0.15) is 6.10 Å². The number of pyridine rings is 1. The van der Waals surface area contributed by atoms with Crippen molar-refractivity contribution in [1.82, 2.24) is 9.88 Å². The quantitative estimate of drug-likeness (QED) is 0.815. The molecule has 1 aromatic rings. The van der Waals surface area contributed by atoms with Crippen LogP contribution >= 0.6 is 0 Å². The maximum atomic E-state index is 5.96. The Morgan fingerprint density at radius 2 is 2.11 bits per heavy atom. The molecule has 1 aliphatic rings. The van der Waals surface area contributed by atoms with E-state index >= 15 is 0 Å². The Morgan fingerprint density at radius 1 is 1.32 bits per heavy atom. The monoisotopic (exact) mass is 262 g/mol. The standard InChI is InChI=1S/C16H26N2O/c1-12(2)9-14-5-6-16(17-10-14)19-15-7-8-18(11-15)13(3)4/h5-6,10,12-13,15H,7-9,11H2,1-4H3. The molecule has 3 nitrogen and oxygen atoms in total. The Morgan fingerprint density at radius 3 is 2.63 bits per heavy atom. The van der Waals surface area contributed by atoms with Gasteiger partial charge in [-0.25, -0.2) is 4.98 Å². The molecular formula is C16H26N2O. The molecule has 0 saturated carbocycles. The van der Waals surface area contributed by atoms with Crippen LogP contribution in [0, 0.1) is 5.92 Å². The van der Waals surface area contributed by atoms with Crippen LogP contribution in [0.25, 0.3) is 0 Å². The van der Waals surface area contributed by atoms with Gasteiger partial charge in [0, 0.05) is 31.4 Å². The summed E-state index contributed by atoms with van der Waals surface area (Å²) in [6.07, 6.45) is 4.43. The van der Waals surface area contributed by atoms with Crippen LogP contribution < -0.4 is 4.74 Å². The highest BCUT2D eigenvalue weighted by Crippen LogP contribution is 2.19. The molecular weight excluding hydrogens is 236 g/mol. The first-order chi connectivity index (χ1) is 9.04. The molecule has 106 valence electrons. The van der Waals surface area contributed by atoms with Crippen molar-refractivity contribution < 1.29 is 4.74 Å². The minimum Gasteiger partial charge on any atom is -0.473 e. The Kier molecular flexibility index (Phi) is 4.81. The second-order valence-corrected chi connectivity index (χ2v) is 6.22. The van der Waals surface area contributed by atoms with E-state index in [9.17, 15) is 0 Å². The highest BCUT2D eigenvalue weighted by molar-refractivity contribution is 5.18. The summed E-state index contributed by atoms with van der Waals surface area (Å²) in [6, 6.07) is 4.75. The highest BCUT2D eigenvalue weighted by atomic mass is 16.5. The Hall–Kier alpha value is -1.09. The van der Waals surface area contributed by atoms with Gasteiger partial charge in [-0.05, 0) is 38.2 Å². The molecule has 1 unspecified atom stereocenters. The van der Waals surface area contributed by atoms with Crippen LogP contribution in [-0.4, -0.2) is 35.1 Å². The van der Waals surface area contributed by atoms with E-state index in [1.54, 1.807) is 0 Å². The van der Waals surface area contributed by atoms with Crippen LogP contribution in [0.4, 0.5) is 0 Å². The number of nitrogens with zero attached hydrogens (tertiary/aromatic N) is 2. The lowest BCUT2D eigenvalue weighted by molar-refractivity contribution is 0.181. The van der Waals surface area contributed by atoms with E-state index in [0.717, 1.165) is 31.8 Å². The first-order valence-corrected chi connectivity index (χ1v) is 7.40. The second kappa shape index (κ2) is 6.38. The molecule has 2 heterocycles. The lowest BCUT2D eigenvalue weighted by Crippen LogP contribution is -2.30. The SMILES string of the molecule is CC(C)Cc1ccc(OC2CCN(C(C)C)C2)nc1. The summed E-state index contributed by atoms with van der Waals surface area (Å²) < 4.78 is 5.96. The molecule has 0 aromatic carbocycles. The van der Waals surface area contributed by atoms with E-state index in [1.807, 2.05) is 12.3 Å². The van der Waals surface area contributed by atoms with Crippen LogP contribution in [0.2, 0.25) is 0 Å². The van der Waals surface area contributed by atoms with E-state index in [0.29, 0.717) is 18.1 Å². The highest BCUT2D eigenvalue weighted by Gasteiger charge is 2.25. The summed E-state index contributed by atoms with van der Waals surface area (Å²) in [5.74, 6) is 1.44. The third-order valence-electron chi connectivity index (χ3n) is 3.64. The number of hydrogen-bond acceptors (Lipinski definition) is 3. The van der Waals surface area contributed by atoms with Crippen molar-refractivity contribution in [2.75, 3.05) is 13.1 Å². The van der Waals surface area contributed by atoms with Crippen molar-refractivity contribution in [2.24, 2.45) is 5.92 Å². The molecule has 19 heavy (non-hydrogen) atoms. The molecule has 3 heteroatoms. The van der Waals surface area contributed by atoms with Crippen molar-refractivity contribution >= 4 is 0 Å².